The Bertz CT molecular complexity index is 126. The number of carbonyl (C=O) groups excluding carboxylic acids is 1. The van der Waals surface area contributed by atoms with Crippen molar-refractivity contribution < 1.29 is 9.53 Å². The van der Waals surface area contributed by atoms with E-state index in [1.807, 2.05) is 6.92 Å². The van der Waals surface area contributed by atoms with E-state index in [4.69, 9.17) is 4.74 Å². The van der Waals surface area contributed by atoms with Gasteiger partial charge in [-0.05, 0) is 12.5 Å². The lowest BCUT2D eigenvalue weighted by Crippen LogP contribution is -2.04. The van der Waals surface area contributed by atoms with Crippen LogP contribution in [-0.2, 0) is 9.53 Å². The molecule has 0 radical (unpaired) electrons. The Balaban J connectivity index is 2.46. The first-order valence-corrected chi connectivity index (χ1v) is 2.71. The minimum atomic E-state index is -0.211. The number of carbonyl (C=O) groups is 1. The third-order valence-electron chi connectivity index (χ3n) is 1.12. The van der Waals surface area contributed by atoms with Gasteiger partial charge in [0.15, 0.2) is 0 Å². The van der Waals surface area contributed by atoms with Crippen molar-refractivity contribution in [2.75, 3.05) is 0 Å². The van der Waals surface area contributed by atoms with Gasteiger partial charge in [0, 0.05) is 6.08 Å². The van der Waals surface area contributed by atoms with E-state index < -0.39 is 0 Å². The van der Waals surface area contributed by atoms with Crippen LogP contribution >= 0.6 is 0 Å². The summed E-state index contributed by atoms with van der Waals surface area (Å²) in [5, 5.41) is 0. The van der Waals surface area contributed by atoms with E-state index in [1.54, 1.807) is 6.08 Å². The molecule has 0 unspecified atom stereocenters. The highest BCUT2D eigenvalue weighted by molar-refractivity contribution is 5.84. The number of hydrogen-bond donors (Lipinski definition) is 0. The van der Waals surface area contributed by atoms with Crippen molar-refractivity contribution in [1.82, 2.24) is 0 Å². The Morgan fingerprint density at radius 3 is 2.88 bits per heavy atom. The zero-order valence-electron chi connectivity index (χ0n) is 4.76. The second kappa shape index (κ2) is 1.99. The molecule has 0 aromatic carbocycles. The van der Waals surface area contributed by atoms with E-state index in [1.165, 1.54) is 6.08 Å². The molecule has 1 heterocycles. The minimum Gasteiger partial charge on any atom is -0.455 e. The van der Waals surface area contributed by atoms with E-state index in [9.17, 15) is 4.79 Å². The molecule has 0 N–H and O–H groups in total. The Morgan fingerprint density at radius 2 is 2.62 bits per heavy atom. The molecule has 0 saturated heterocycles. The first-order chi connectivity index (χ1) is 3.83. The lowest BCUT2D eigenvalue weighted by molar-refractivity contribution is -0.138. The number of hydrogen-bond acceptors (Lipinski definition) is 2. The van der Waals surface area contributed by atoms with Gasteiger partial charge in [-0.25, -0.2) is 4.79 Å². The molecule has 1 atom stereocenters. The molecule has 2 heteroatoms. The third-order valence-corrected chi connectivity index (χ3v) is 1.12. The summed E-state index contributed by atoms with van der Waals surface area (Å²) in [4.78, 5) is 10.3. The van der Waals surface area contributed by atoms with Crippen LogP contribution in [0, 0.1) is 0 Å². The summed E-state index contributed by atoms with van der Waals surface area (Å²) in [6, 6.07) is 0. The summed E-state index contributed by atoms with van der Waals surface area (Å²) in [6.45, 7) is 1.98. The summed E-state index contributed by atoms with van der Waals surface area (Å²) in [5.74, 6) is -0.211. The van der Waals surface area contributed by atoms with Gasteiger partial charge in [-0.2, -0.15) is 0 Å². The molecular formula is C6H8O2. The topological polar surface area (TPSA) is 26.3 Å². The fourth-order valence-corrected chi connectivity index (χ4v) is 0.633. The van der Waals surface area contributed by atoms with Crippen molar-refractivity contribution in [3.63, 3.8) is 0 Å². The van der Waals surface area contributed by atoms with Gasteiger partial charge in [0.1, 0.15) is 6.10 Å². The Labute approximate surface area is 48.1 Å². The maximum atomic E-state index is 10.3. The molecule has 0 spiro atoms. The summed E-state index contributed by atoms with van der Waals surface area (Å²) in [6.07, 6.45) is 4.17. The molecule has 0 fully saturated rings. The molecule has 0 bridgehead atoms. The van der Waals surface area contributed by atoms with Crippen molar-refractivity contribution in [3.8, 4) is 0 Å². The maximum absolute atomic E-state index is 10.3. The normalized spacial score (nSPS) is 26.1. The highest BCUT2D eigenvalue weighted by Gasteiger charge is 2.12. The predicted molar refractivity (Wildman–Crippen MR) is 29.3 cm³/mol. The molecular weight excluding hydrogens is 104 g/mol. The molecule has 1 aliphatic heterocycles. The number of rotatable bonds is 1. The monoisotopic (exact) mass is 112 g/mol. The van der Waals surface area contributed by atoms with E-state index in [-0.39, 0.29) is 12.1 Å². The van der Waals surface area contributed by atoms with Gasteiger partial charge >= 0.3 is 5.97 Å². The van der Waals surface area contributed by atoms with Gasteiger partial charge in [-0.1, -0.05) is 6.92 Å². The minimum absolute atomic E-state index is 0.0440. The standard InChI is InChI=1S/C6H8O2/c1-2-5-3-4-6(7)8-5/h3-5H,2H2,1H3/t5-/m0/s1. The van der Waals surface area contributed by atoms with Crippen LogP contribution in [0.4, 0.5) is 0 Å². The molecule has 1 aliphatic rings. The SMILES string of the molecule is CC[C@H]1C=CC(=O)O1. The van der Waals surface area contributed by atoms with Crippen LogP contribution in [0.5, 0.6) is 0 Å². The van der Waals surface area contributed by atoms with Crippen molar-refractivity contribution in [3.05, 3.63) is 12.2 Å². The summed E-state index contributed by atoms with van der Waals surface area (Å²) in [7, 11) is 0. The smallest absolute Gasteiger partial charge is 0.331 e. The average molecular weight is 112 g/mol. The van der Waals surface area contributed by atoms with Crippen LogP contribution < -0.4 is 0 Å². The van der Waals surface area contributed by atoms with Crippen LogP contribution in [0.3, 0.4) is 0 Å². The van der Waals surface area contributed by atoms with Crippen LogP contribution in [0.1, 0.15) is 13.3 Å². The van der Waals surface area contributed by atoms with Gasteiger partial charge in [0.2, 0.25) is 0 Å². The first-order valence-electron chi connectivity index (χ1n) is 2.71. The van der Waals surface area contributed by atoms with Crippen molar-refractivity contribution in [2.45, 2.75) is 19.4 Å². The van der Waals surface area contributed by atoms with Crippen LogP contribution in [0.2, 0.25) is 0 Å². The zero-order valence-corrected chi connectivity index (χ0v) is 4.76. The molecule has 0 aromatic heterocycles. The van der Waals surface area contributed by atoms with E-state index >= 15 is 0 Å². The molecule has 0 amide bonds. The Hall–Kier alpha value is -0.790. The van der Waals surface area contributed by atoms with Gasteiger partial charge in [-0.3, -0.25) is 0 Å². The van der Waals surface area contributed by atoms with Crippen LogP contribution in [0.15, 0.2) is 12.2 Å². The second-order valence-electron chi connectivity index (χ2n) is 1.74. The molecule has 44 valence electrons. The molecule has 2 nitrogen and oxygen atoms in total. The highest BCUT2D eigenvalue weighted by atomic mass is 16.5. The van der Waals surface area contributed by atoms with Gasteiger partial charge in [0.05, 0.1) is 0 Å². The van der Waals surface area contributed by atoms with Crippen molar-refractivity contribution >= 4 is 5.97 Å². The molecule has 8 heavy (non-hydrogen) atoms. The Kier molecular flexibility index (Phi) is 1.33. The van der Waals surface area contributed by atoms with Crippen molar-refractivity contribution in [2.24, 2.45) is 0 Å². The van der Waals surface area contributed by atoms with Gasteiger partial charge < -0.3 is 4.74 Å². The lowest BCUT2D eigenvalue weighted by atomic mass is 10.3. The third kappa shape index (κ3) is 0.886. The molecule has 0 aromatic rings. The van der Waals surface area contributed by atoms with E-state index in [2.05, 4.69) is 0 Å². The predicted octanol–water partition coefficient (Wildman–Crippen LogP) is 0.878. The van der Waals surface area contributed by atoms with E-state index in [0.29, 0.717) is 0 Å². The largest absolute Gasteiger partial charge is 0.455 e. The summed E-state index contributed by atoms with van der Waals surface area (Å²) in [5.41, 5.74) is 0. The van der Waals surface area contributed by atoms with Gasteiger partial charge in [0.25, 0.3) is 0 Å². The Morgan fingerprint density at radius 1 is 1.88 bits per heavy atom. The number of esters is 1. The molecule has 1 rings (SSSR count). The zero-order chi connectivity index (χ0) is 5.98. The quantitative estimate of drug-likeness (QED) is 0.470. The summed E-state index contributed by atoms with van der Waals surface area (Å²) < 4.78 is 4.76. The van der Waals surface area contributed by atoms with Crippen molar-refractivity contribution in [1.29, 1.82) is 0 Å². The first kappa shape index (κ1) is 5.35. The second-order valence-corrected chi connectivity index (χ2v) is 1.74. The van der Waals surface area contributed by atoms with Crippen LogP contribution in [0.25, 0.3) is 0 Å². The highest BCUT2D eigenvalue weighted by Crippen LogP contribution is 2.06. The fourth-order valence-electron chi connectivity index (χ4n) is 0.633. The lowest BCUT2D eigenvalue weighted by Gasteiger charge is -2.01. The molecule has 0 saturated carbocycles. The summed E-state index contributed by atoms with van der Waals surface area (Å²) >= 11 is 0. The number of cyclic esters (lactones) is 1. The molecule has 0 aliphatic carbocycles. The van der Waals surface area contributed by atoms with Gasteiger partial charge in [-0.15, -0.1) is 0 Å². The maximum Gasteiger partial charge on any atom is 0.331 e. The van der Waals surface area contributed by atoms with Crippen LogP contribution in [-0.4, -0.2) is 12.1 Å². The fraction of sp³-hybridized carbons (Fsp3) is 0.500. The van der Waals surface area contributed by atoms with E-state index in [0.717, 1.165) is 6.42 Å². The number of ether oxygens (including phenoxy) is 1. The average Bonchev–Trinajstić information content (AvgIpc) is 2.14.